The Kier molecular flexibility index (Phi) is 10.3. The molecule has 1 saturated heterocycles. The summed E-state index contributed by atoms with van der Waals surface area (Å²) < 4.78 is 7.44. The first-order valence-electron chi connectivity index (χ1n) is 12.3. The number of piperidine rings is 1. The minimum Gasteiger partial charge on any atom is -0.453 e. The Morgan fingerprint density at radius 2 is 1.88 bits per heavy atom. The Balaban J connectivity index is 0.00000185. The fraction of sp³-hybridized carbons (Fsp3) is 0.214. The maximum Gasteiger partial charge on any atom is 0.219 e. The van der Waals surface area contributed by atoms with E-state index in [9.17, 15) is 4.79 Å². The number of halogens is 2. The van der Waals surface area contributed by atoms with E-state index in [1.807, 2.05) is 65.8 Å². The van der Waals surface area contributed by atoms with E-state index in [0.717, 1.165) is 62.5 Å². The van der Waals surface area contributed by atoms with Gasteiger partial charge in [-0.1, -0.05) is 30.0 Å². The molecule has 6 rings (SSSR count). The van der Waals surface area contributed by atoms with E-state index in [0.29, 0.717) is 17.5 Å². The fourth-order valence-electron chi connectivity index (χ4n) is 4.45. The third-order valence-corrected chi connectivity index (χ3v) is 9.30. The number of aromatic nitrogens is 3. The lowest BCUT2D eigenvalue weighted by Gasteiger charge is -2.30. The number of nitrogens with one attached hydrogen (secondary N) is 1. The number of para-hydroxylation sites is 1. The molecular weight excluding hydrogens is 605 g/mol. The fourth-order valence-corrected chi connectivity index (χ4v) is 7.12. The molecule has 0 unspecified atom stereocenters. The monoisotopic (exact) mass is 631 g/mol. The van der Waals surface area contributed by atoms with Gasteiger partial charge < -0.3 is 15.0 Å². The van der Waals surface area contributed by atoms with E-state index in [1.54, 1.807) is 41.4 Å². The zero-order valence-electron chi connectivity index (χ0n) is 21.5. The van der Waals surface area contributed by atoms with Crippen LogP contribution in [-0.4, -0.2) is 38.8 Å². The summed E-state index contributed by atoms with van der Waals surface area (Å²) in [6.45, 7) is 3.20. The second-order valence-corrected chi connectivity index (χ2v) is 11.9. The Morgan fingerprint density at radius 1 is 1.07 bits per heavy atom. The molecule has 0 atom stereocenters. The zero-order chi connectivity index (χ0) is 25.9. The highest BCUT2D eigenvalue weighted by molar-refractivity contribution is 7.99. The molecule has 12 heteroatoms. The topological polar surface area (TPSA) is 80.2 Å². The number of carbonyl (C=O) groups is 1. The molecule has 7 nitrogen and oxygen atoms in total. The molecule has 208 valence electrons. The second-order valence-electron chi connectivity index (χ2n) is 8.96. The maximum atomic E-state index is 11.7. The van der Waals surface area contributed by atoms with E-state index in [2.05, 4.69) is 21.1 Å². The summed E-state index contributed by atoms with van der Waals surface area (Å²) in [4.78, 5) is 29.7. The van der Waals surface area contributed by atoms with Gasteiger partial charge in [0, 0.05) is 59.6 Å². The summed E-state index contributed by atoms with van der Waals surface area (Å²) in [5.41, 5.74) is 2.06. The molecule has 1 aliphatic heterocycles. The maximum absolute atomic E-state index is 11.7. The molecule has 0 aliphatic carbocycles. The standard InChI is InChI=1S/C28H25N5O2S3.2ClH/c1-18(34)33-12-8-19(9-13-33)23-17-37-28(31-23)32-27-24(35-20-5-3-2-4-6-20)15-21(16-30-27)38-25-7-11-29-22-10-14-36-26(22)25;;/h2-7,10-11,14-17,19H,8-9,12-13H2,1H3,(H,30,31,32);2*1H. The summed E-state index contributed by atoms with van der Waals surface area (Å²) in [6, 6.07) is 15.8. The van der Waals surface area contributed by atoms with Crippen molar-refractivity contribution in [3.8, 4) is 11.5 Å². The number of hydrogen-bond acceptors (Lipinski definition) is 9. The molecule has 1 aromatic carbocycles. The number of anilines is 2. The Morgan fingerprint density at radius 3 is 2.65 bits per heavy atom. The van der Waals surface area contributed by atoms with Gasteiger partial charge in [-0.05, 0) is 42.5 Å². The average Bonchev–Trinajstić information content (AvgIpc) is 3.61. The van der Waals surface area contributed by atoms with Gasteiger partial charge in [-0.25, -0.2) is 9.97 Å². The van der Waals surface area contributed by atoms with Crippen LogP contribution in [0.4, 0.5) is 10.9 Å². The molecule has 1 fully saturated rings. The minimum absolute atomic E-state index is 0. The second kappa shape index (κ2) is 13.6. The number of pyridine rings is 2. The first-order valence-corrected chi connectivity index (χ1v) is 14.9. The number of amides is 1. The Labute approximate surface area is 257 Å². The van der Waals surface area contributed by atoms with Crippen molar-refractivity contribution in [3.63, 3.8) is 0 Å². The summed E-state index contributed by atoms with van der Waals surface area (Å²) in [5.74, 6) is 2.48. The lowest BCUT2D eigenvalue weighted by Crippen LogP contribution is -2.36. The predicted molar refractivity (Wildman–Crippen MR) is 169 cm³/mol. The third-order valence-electron chi connectivity index (χ3n) is 6.44. The third kappa shape index (κ3) is 6.87. The minimum atomic E-state index is 0. The number of carbonyl (C=O) groups excluding carboxylic acids is 1. The highest BCUT2D eigenvalue weighted by Crippen LogP contribution is 2.40. The normalized spacial score (nSPS) is 13.4. The van der Waals surface area contributed by atoms with E-state index in [-0.39, 0.29) is 30.7 Å². The van der Waals surface area contributed by atoms with Crippen molar-refractivity contribution in [2.75, 3.05) is 18.4 Å². The van der Waals surface area contributed by atoms with Crippen molar-refractivity contribution in [2.24, 2.45) is 0 Å². The van der Waals surface area contributed by atoms with Crippen LogP contribution in [0.3, 0.4) is 0 Å². The van der Waals surface area contributed by atoms with Crippen molar-refractivity contribution in [1.82, 2.24) is 19.9 Å². The molecule has 0 spiro atoms. The van der Waals surface area contributed by atoms with Gasteiger partial charge in [-0.3, -0.25) is 9.78 Å². The largest absolute Gasteiger partial charge is 0.453 e. The van der Waals surface area contributed by atoms with Crippen molar-refractivity contribution in [1.29, 1.82) is 0 Å². The smallest absolute Gasteiger partial charge is 0.219 e. The van der Waals surface area contributed by atoms with Crippen molar-refractivity contribution < 1.29 is 9.53 Å². The molecule has 1 amide bonds. The van der Waals surface area contributed by atoms with Crippen LogP contribution in [0.25, 0.3) is 10.2 Å². The lowest BCUT2D eigenvalue weighted by atomic mass is 9.94. The molecule has 1 aliphatic rings. The number of hydrogen-bond donors (Lipinski definition) is 1. The number of nitrogens with zero attached hydrogens (tertiary/aromatic N) is 4. The number of rotatable bonds is 7. The number of ether oxygens (including phenoxy) is 1. The van der Waals surface area contributed by atoms with Gasteiger partial charge in [0.15, 0.2) is 16.7 Å². The van der Waals surface area contributed by atoms with Crippen molar-refractivity contribution in [2.45, 2.75) is 35.5 Å². The van der Waals surface area contributed by atoms with Gasteiger partial charge in [0.2, 0.25) is 5.91 Å². The molecule has 4 aromatic heterocycles. The van der Waals surface area contributed by atoms with Crippen LogP contribution in [0.2, 0.25) is 0 Å². The van der Waals surface area contributed by atoms with Crippen LogP contribution in [0.15, 0.2) is 81.5 Å². The highest BCUT2D eigenvalue weighted by Gasteiger charge is 2.24. The van der Waals surface area contributed by atoms with E-state index < -0.39 is 0 Å². The van der Waals surface area contributed by atoms with E-state index >= 15 is 0 Å². The molecule has 1 N–H and O–H groups in total. The van der Waals surface area contributed by atoms with Gasteiger partial charge in [0.25, 0.3) is 0 Å². The van der Waals surface area contributed by atoms with Gasteiger partial charge in [0.1, 0.15) is 5.75 Å². The first-order chi connectivity index (χ1) is 18.6. The molecule has 0 radical (unpaired) electrons. The highest BCUT2D eigenvalue weighted by atomic mass is 35.5. The molecule has 40 heavy (non-hydrogen) atoms. The van der Waals surface area contributed by atoms with Crippen LogP contribution < -0.4 is 10.1 Å². The van der Waals surface area contributed by atoms with Gasteiger partial charge in [-0.15, -0.1) is 47.5 Å². The number of fused-ring (bicyclic) bond motifs is 1. The summed E-state index contributed by atoms with van der Waals surface area (Å²) in [7, 11) is 0. The Bertz CT molecular complexity index is 1570. The number of benzene rings is 1. The van der Waals surface area contributed by atoms with Crippen molar-refractivity contribution in [3.05, 3.63) is 77.4 Å². The number of thiophene rings is 1. The predicted octanol–water partition coefficient (Wildman–Crippen LogP) is 8.40. The van der Waals surface area contributed by atoms with Gasteiger partial charge in [-0.2, -0.15) is 0 Å². The summed E-state index contributed by atoms with van der Waals surface area (Å²) in [5, 5.41) is 8.32. The van der Waals surface area contributed by atoms with Crippen LogP contribution in [-0.2, 0) is 4.79 Å². The zero-order valence-corrected chi connectivity index (χ0v) is 25.6. The van der Waals surface area contributed by atoms with E-state index in [4.69, 9.17) is 14.7 Å². The lowest BCUT2D eigenvalue weighted by molar-refractivity contribution is -0.129. The molecule has 0 bridgehead atoms. The van der Waals surface area contributed by atoms with Crippen LogP contribution in [0.5, 0.6) is 11.5 Å². The molecule has 5 heterocycles. The van der Waals surface area contributed by atoms with Crippen LogP contribution in [0, 0.1) is 0 Å². The SMILES string of the molecule is CC(=O)N1CCC(c2csc(Nc3ncc(Sc4ccnc5ccsc45)cc3Oc3ccccc3)n2)CC1.Cl.Cl. The Hall–Kier alpha value is -2.89. The van der Waals surface area contributed by atoms with Crippen LogP contribution >= 0.6 is 59.2 Å². The van der Waals surface area contributed by atoms with E-state index in [1.165, 1.54) is 0 Å². The molecule has 0 saturated carbocycles. The summed E-state index contributed by atoms with van der Waals surface area (Å²) in [6.07, 6.45) is 5.56. The first kappa shape index (κ1) is 30.1. The average molecular weight is 633 g/mol. The number of thiazole rings is 1. The molecule has 5 aromatic rings. The van der Waals surface area contributed by atoms with Crippen LogP contribution in [0.1, 0.15) is 31.4 Å². The summed E-state index contributed by atoms with van der Waals surface area (Å²) >= 11 is 4.89. The number of likely N-dealkylation sites (tertiary alicyclic amines) is 1. The molecular formula is C28H27Cl2N5O2S3. The van der Waals surface area contributed by atoms with Gasteiger partial charge >= 0.3 is 0 Å². The van der Waals surface area contributed by atoms with Gasteiger partial charge in [0.05, 0.1) is 15.9 Å². The quantitative estimate of drug-likeness (QED) is 0.193. The van der Waals surface area contributed by atoms with Crippen molar-refractivity contribution >= 4 is 86.3 Å².